The van der Waals surface area contributed by atoms with Crippen molar-refractivity contribution in [3.05, 3.63) is 78.3 Å². The fourth-order valence-electron chi connectivity index (χ4n) is 3.74. The van der Waals surface area contributed by atoms with E-state index in [4.69, 9.17) is 10.7 Å². The number of benzene rings is 2. The molecule has 0 saturated heterocycles. The van der Waals surface area contributed by atoms with Crippen LogP contribution in [0.15, 0.2) is 72.0 Å². The van der Waals surface area contributed by atoms with Gasteiger partial charge >= 0.3 is 0 Å². The molecule has 0 fully saturated rings. The third-order valence-corrected chi connectivity index (χ3v) is 5.04. The van der Waals surface area contributed by atoms with Crippen LogP contribution in [0, 0.1) is 6.92 Å². The fourth-order valence-corrected chi connectivity index (χ4v) is 3.74. The number of H-pyrrole nitrogens is 2. The number of nitrogens with two attached hydrogens (primary N) is 1. The van der Waals surface area contributed by atoms with Crippen LogP contribution in [-0.4, -0.2) is 21.6 Å². The second-order valence-electron chi connectivity index (χ2n) is 7.38. The molecule has 0 aliphatic carbocycles. The van der Waals surface area contributed by atoms with Crippen molar-refractivity contribution in [2.75, 3.05) is 5.32 Å². The van der Waals surface area contributed by atoms with Crippen molar-refractivity contribution < 1.29 is 0 Å². The molecule has 0 radical (unpaired) electrons. The molecular formula is C22H22N6. The van der Waals surface area contributed by atoms with Crippen molar-refractivity contribution in [2.45, 2.75) is 19.0 Å². The van der Waals surface area contributed by atoms with E-state index in [1.54, 1.807) is 0 Å². The summed E-state index contributed by atoms with van der Waals surface area (Å²) in [5.41, 5.74) is 11.3. The molecule has 6 heteroatoms. The third-order valence-electron chi connectivity index (χ3n) is 5.04. The minimum Gasteiger partial charge on any atom is -0.361 e. The van der Waals surface area contributed by atoms with Crippen molar-refractivity contribution in [1.82, 2.24) is 15.3 Å². The molecule has 5 rings (SSSR count). The largest absolute Gasteiger partial charge is 0.361 e. The number of guanidine groups is 1. The zero-order valence-electron chi connectivity index (χ0n) is 15.6. The molecule has 0 spiro atoms. The van der Waals surface area contributed by atoms with Gasteiger partial charge in [0.2, 0.25) is 5.96 Å². The minimum absolute atomic E-state index is 0.619. The summed E-state index contributed by atoms with van der Waals surface area (Å²) in [6.07, 6.45) is 6.31. The maximum absolute atomic E-state index is 6.58. The molecule has 0 saturated carbocycles. The quantitative estimate of drug-likeness (QED) is 0.380. The van der Waals surface area contributed by atoms with Crippen LogP contribution in [0.4, 0.5) is 5.69 Å². The van der Waals surface area contributed by atoms with Gasteiger partial charge in [-0.25, -0.2) is 4.99 Å². The fraction of sp³-hybridized carbons (Fsp3) is 0.136. The number of rotatable bonds is 3. The van der Waals surface area contributed by atoms with Crippen LogP contribution < -0.4 is 16.4 Å². The van der Waals surface area contributed by atoms with E-state index in [9.17, 15) is 0 Å². The zero-order valence-corrected chi connectivity index (χ0v) is 15.6. The first-order valence-corrected chi connectivity index (χ1v) is 9.32. The van der Waals surface area contributed by atoms with Crippen LogP contribution >= 0.6 is 0 Å². The van der Waals surface area contributed by atoms with E-state index in [2.05, 4.69) is 70.0 Å². The van der Waals surface area contributed by atoms with E-state index < -0.39 is 5.66 Å². The van der Waals surface area contributed by atoms with Gasteiger partial charge in [0.1, 0.15) is 5.66 Å². The van der Waals surface area contributed by atoms with Gasteiger partial charge in [-0.2, -0.15) is 0 Å². The van der Waals surface area contributed by atoms with E-state index in [0.717, 1.165) is 33.4 Å². The van der Waals surface area contributed by atoms with Crippen LogP contribution in [0.3, 0.4) is 0 Å². The molecule has 4 aromatic rings. The third kappa shape index (κ3) is 3.14. The Morgan fingerprint density at radius 1 is 1.04 bits per heavy atom. The number of hydrogen-bond acceptors (Lipinski definition) is 4. The number of hydrogen-bond donors (Lipinski definition) is 5. The summed E-state index contributed by atoms with van der Waals surface area (Å²) in [5.74, 6) is 0.638. The van der Waals surface area contributed by atoms with E-state index in [1.165, 1.54) is 5.39 Å². The van der Waals surface area contributed by atoms with E-state index in [0.29, 0.717) is 12.4 Å². The Morgan fingerprint density at radius 3 is 2.86 bits per heavy atom. The molecule has 2 aromatic carbocycles. The number of nitrogens with zero attached hydrogens (tertiary/aromatic N) is 1. The zero-order chi connectivity index (χ0) is 19.1. The maximum Gasteiger partial charge on any atom is 0.202 e. The lowest BCUT2D eigenvalue weighted by Gasteiger charge is -2.27. The van der Waals surface area contributed by atoms with E-state index >= 15 is 0 Å². The van der Waals surface area contributed by atoms with Gasteiger partial charge in [0, 0.05) is 46.6 Å². The summed E-state index contributed by atoms with van der Waals surface area (Å²) in [5, 5.41) is 8.83. The molecule has 28 heavy (non-hydrogen) atoms. The first-order valence-electron chi connectivity index (χ1n) is 9.32. The lowest BCUT2D eigenvalue weighted by molar-refractivity contribution is 0.543. The van der Waals surface area contributed by atoms with Gasteiger partial charge in [-0.3, -0.25) is 0 Å². The van der Waals surface area contributed by atoms with Gasteiger partial charge < -0.3 is 26.3 Å². The highest BCUT2D eigenvalue weighted by atomic mass is 15.2. The summed E-state index contributed by atoms with van der Waals surface area (Å²) < 4.78 is 0. The minimum atomic E-state index is -0.799. The Balaban J connectivity index is 1.38. The molecule has 6 nitrogen and oxygen atoms in total. The number of aliphatic imine (C=N–C) groups is 1. The summed E-state index contributed by atoms with van der Waals surface area (Å²) in [7, 11) is 0. The first-order chi connectivity index (χ1) is 13.6. The van der Waals surface area contributed by atoms with Crippen molar-refractivity contribution in [3.63, 3.8) is 0 Å². The second kappa shape index (κ2) is 6.28. The van der Waals surface area contributed by atoms with E-state index in [1.807, 2.05) is 24.5 Å². The predicted molar refractivity (Wildman–Crippen MR) is 115 cm³/mol. The lowest BCUT2D eigenvalue weighted by Crippen LogP contribution is -2.45. The van der Waals surface area contributed by atoms with Gasteiger partial charge in [0.15, 0.2) is 0 Å². The highest BCUT2D eigenvalue weighted by Gasteiger charge is 2.25. The van der Waals surface area contributed by atoms with Gasteiger partial charge in [-0.15, -0.1) is 0 Å². The number of nitrogens with one attached hydrogen (secondary N) is 4. The summed E-state index contributed by atoms with van der Waals surface area (Å²) in [4.78, 5) is 11.3. The molecule has 6 N–H and O–H groups in total. The molecule has 1 atom stereocenters. The number of aryl methyl sites for hydroxylation is 1. The average Bonchev–Trinajstić information content (AvgIpc) is 3.26. The Morgan fingerprint density at radius 2 is 1.93 bits per heavy atom. The Labute approximate surface area is 162 Å². The van der Waals surface area contributed by atoms with Crippen LogP contribution in [0.2, 0.25) is 0 Å². The average molecular weight is 370 g/mol. The summed E-state index contributed by atoms with van der Waals surface area (Å²) in [6, 6.07) is 16.7. The molecule has 1 aliphatic heterocycles. The molecule has 0 bridgehead atoms. The molecule has 0 amide bonds. The van der Waals surface area contributed by atoms with E-state index in [-0.39, 0.29) is 0 Å². The number of fused-ring (bicyclic) bond motifs is 2. The SMILES string of the molecule is Cc1cc2cc(NC3=NC(N)(Cc4ccc5[nH]ccc5c4)C=CN3)ccc2[nH]1. The molecule has 1 aliphatic rings. The normalized spacial score (nSPS) is 19.0. The lowest BCUT2D eigenvalue weighted by atomic mass is 9.99. The van der Waals surface area contributed by atoms with Gasteiger partial charge in [-0.1, -0.05) is 6.07 Å². The van der Waals surface area contributed by atoms with Crippen LogP contribution in [0.1, 0.15) is 11.3 Å². The number of anilines is 1. The van der Waals surface area contributed by atoms with Crippen LogP contribution in [-0.2, 0) is 6.42 Å². The summed E-state index contributed by atoms with van der Waals surface area (Å²) in [6.45, 7) is 2.05. The second-order valence-corrected chi connectivity index (χ2v) is 7.38. The topological polar surface area (TPSA) is 94.0 Å². The predicted octanol–water partition coefficient (Wildman–Crippen LogP) is 3.74. The molecule has 140 valence electrons. The van der Waals surface area contributed by atoms with Gasteiger partial charge in [-0.05, 0) is 66.4 Å². The molecule has 2 aromatic heterocycles. The highest BCUT2D eigenvalue weighted by molar-refractivity contribution is 5.97. The van der Waals surface area contributed by atoms with Crippen molar-refractivity contribution >= 4 is 33.5 Å². The Kier molecular flexibility index (Phi) is 3.74. The monoisotopic (exact) mass is 370 g/mol. The Hall–Kier alpha value is -3.51. The number of aromatic nitrogens is 2. The summed E-state index contributed by atoms with van der Waals surface area (Å²) >= 11 is 0. The standard InChI is InChI=1S/C22H22N6/c1-14-10-17-12-18(3-5-20(17)26-14)27-21-25-9-7-22(23,28-21)13-15-2-4-19-16(11-15)6-8-24-19/h2-12,24,26H,13,23H2,1H3,(H2,25,27,28). The first kappa shape index (κ1) is 16.6. The van der Waals surface area contributed by atoms with Gasteiger partial charge in [0.25, 0.3) is 0 Å². The number of aromatic amines is 2. The highest BCUT2D eigenvalue weighted by Crippen LogP contribution is 2.22. The van der Waals surface area contributed by atoms with Crippen molar-refractivity contribution in [3.8, 4) is 0 Å². The van der Waals surface area contributed by atoms with Crippen molar-refractivity contribution in [2.24, 2.45) is 10.7 Å². The Bertz CT molecular complexity index is 1230. The smallest absolute Gasteiger partial charge is 0.202 e. The van der Waals surface area contributed by atoms with Crippen molar-refractivity contribution in [1.29, 1.82) is 0 Å². The molecule has 3 heterocycles. The van der Waals surface area contributed by atoms with Crippen LogP contribution in [0.25, 0.3) is 21.8 Å². The van der Waals surface area contributed by atoms with Gasteiger partial charge in [0.05, 0.1) is 0 Å². The van der Waals surface area contributed by atoms with Crippen LogP contribution in [0.5, 0.6) is 0 Å². The molecule has 1 unspecified atom stereocenters. The molecular weight excluding hydrogens is 348 g/mol. The maximum atomic E-state index is 6.58.